The summed E-state index contributed by atoms with van der Waals surface area (Å²) >= 11 is 0. The molecule has 0 atom stereocenters. The number of carbonyl (C=O) groups is 2. The van der Waals surface area contributed by atoms with E-state index in [0.717, 1.165) is 16.9 Å². The summed E-state index contributed by atoms with van der Waals surface area (Å²) < 4.78 is 5.29. The molecule has 0 aromatic heterocycles. The molecular formula is C12H14O4. The Labute approximate surface area is 93.9 Å². The molecule has 4 heteroatoms. The largest absolute Gasteiger partial charge is 0.494 e. The Morgan fingerprint density at radius 2 is 2.06 bits per heavy atom. The van der Waals surface area contributed by atoms with E-state index in [4.69, 9.17) is 9.84 Å². The summed E-state index contributed by atoms with van der Waals surface area (Å²) in [5.74, 6) is -1.47. The molecule has 0 heterocycles. The smallest absolute Gasteiger partial charge is 0.372 e. The van der Waals surface area contributed by atoms with Gasteiger partial charge in [-0.1, -0.05) is 6.07 Å². The molecule has 0 radical (unpaired) electrons. The molecule has 1 aromatic carbocycles. The van der Waals surface area contributed by atoms with Gasteiger partial charge in [-0.2, -0.15) is 0 Å². The summed E-state index contributed by atoms with van der Waals surface area (Å²) in [4.78, 5) is 21.5. The van der Waals surface area contributed by atoms with Gasteiger partial charge in [-0.05, 0) is 37.1 Å². The van der Waals surface area contributed by atoms with Crippen LogP contribution in [0.1, 0.15) is 18.1 Å². The lowest BCUT2D eigenvalue weighted by atomic mass is 10.0. The topological polar surface area (TPSA) is 63.6 Å². The zero-order chi connectivity index (χ0) is 12.1. The molecule has 1 aromatic rings. The third-order valence-corrected chi connectivity index (χ3v) is 2.21. The average Bonchev–Trinajstić information content (AvgIpc) is 2.22. The van der Waals surface area contributed by atoms with Gasteiger partial charge in [0, 0.05) is 6.42 Å². The van der Waals surface area contributed by atoms with Crippen molar-refractivity contribution in [2.24, 2.45) is 0 Å². The maximum Gasteiger partial charge on any atom is 0.372 e. The maximum absolute atomic E-state index is 11.0. The van der Waals surface area contributed by atoms with Crippen molar-refractivity contribution < 1.29 is 19.4 Å². The molecule has 0 aliphatic rings. The number of carboxylic acids is 1. The molecule has 0 aliphatic heterocycles. The highest BCUT2D eigenvalue weighted by atomic mass is 16.5. The fraction of sp³-hybridized carbons (Fsp3) is 0.333. The second-order valence-corrected chi connectivity index (χ2v) is 3.43. The monoisotopic (exact) mass is 222 g/mol. The maximum atomic E-state index is 11.0. The highest BCUT2D eigenvalue weighted by Gasteiger charge is 2.13. The van der Waals surface area contributed by atoms with Gasteiger partial charge in [0.1, 0.15) is 5.75 Å². The number of ether oxygens (including phenoxy) is 1. The summed E-state index contributed by atoms with van der Waals surface area (Å²) in [5.41, 5.74) is 1.58. The molecule has 0 amide bonds. The number of benzene rings is 1. The first-order chi connectivity index (χ1) is 7.54. The summed E-state index contributed by atoms with van der Waals surface area (Å²) in [5, 5.41) is 8.50. The Hall–Kier alpha value is -1.84. The quantitative estimate of drug-likeness (QED) is 0.768. The third kappa shape index (κ3) is 3.08. The van der Waals surface area contributed by atoms with Crippen molar-refractivity contribution in [3.05, 3.63) is 29.3 Å². The number of rotatable bonds is 5. The van der Waals surface area contributed by atoms with Gasteiger partial charge in [0.05, 0.1) is 6.61 Å². The van der Waals surface area contributed by atoms with Gasteiger partial charge >= 0.3 is 5.97 Å². The Kier molecular flexibility index (Phi) is 4.05. The zero-order valence-electron chi connectivity index (χ0n) is 9.32. The van der Waals surface area contributed by atoms with Crippen LogP contribution in [0.15, 0.2) is 18.2 Å². The fourth-order valence-corrected chi connectivity index (χ4v) is 1.37. The normalized spacial score (nSPS) is 9.88. The Morgan fingerprint density at radius 1 is 1.38 bits per heavy atom. The first kappa shape index (κ1) is 12.2. The molecule has 0 bridgehead atoms. The van der Waals surface area contributed by atoms with Gasteiger partial charge in [0.25, 0.3) is 0 Å². The molecule has 86 valence electrons. The minimum Gasteiger partial charge on any atom is -0.494 e. The van der Waals surface area contributed by atoms with E-state index in [0.29, 0.717) is 6.61 Å². The van der Waals surface area contributed by atoms with Crippen LogP contribution in [0, 0.1) is 6.92 Å². The van der Waals surface area contributed by atoms with Crippen LogP contribution >= 0.6 is 0 Å². The number of Topliss-reactive ketones (excluding diaryl/α,β-unsaturated/α-hetero) is 1. The van der Waals surface area contributed by atoms with Gasteiger partial charge < -0.3 is 9.84 Å². The molecule has 0 saturated heterocycles. The van der Waals surface area contributed by atoms with Crippen LogP contribution in [0.3, 0.4) is 0 Å². The van der Waals surface area contributed by atoms with Crippen molar-refractivity contribution in [1.82, 2.24) is 0 Å². The van der Waals surface area contributed by atoms with Crippen LogP contribution in [0.5, 0.6) is 5.75 Å². The number of aryl methyl sites for hydroxylation is 1. The van der Waals surface area contributed by atoms with Crippen molar-refractivity contribution in [2.75, 3.05) is 6.61 Å². The van der Waals surface area contributed by atoms with Crippen molar-refractivity contribution >= 4 is 11.8 Å². The molecule has 0 saturated carbocycles. The van der Waals surface area contributed by atoms with E-state index in [9.17, 15) is 9.59 Å². The average molecular weight is 222 g/mol. The predicted molar refractivity (Wildman–Crippen MR) is 58.7 cm³/mol. The van der Waals surface area contributed by atoms with Crippen LogP contribution in [0.25, 0.3) is 0 Å². The van der Waals surface area contributed by atoms with Crippen molar-refractivity contribution in [2.45, 2.75) is 20.3 Å². The van der Waals surface area contributed by atoms with Crippen molar-refractivity contribution in [3.63, 3.8) is 0 Å². The lowest BCUT2D eigenvalue weighted by Gasteiger charge is -2.07. The van der Waals surface area contributed by atoms with E-state index in [2.05, 4.69) is 0 Å². The second-order valence-electron chi connectivity index (χ2n) is 3.43. The molecule has 0 fully saturated rings. The van der Waals surface area contributed by atoms with Crippen LogP contribution in [-0.4, -0.2) is 23.5 Å². The molecular weight excluding hydrogens is 208 g/mol. The predicted octanol–water partition coefficient (Wildman–Crippen LogP) is 1.59. The highest BCUT2D eigenvalue weighted by molar-refractivity contribution is 6.33. The van der Waals surface area contributed by atoms with Crippen LogP contribution in [0.2, 0.25) is 0 Å². The lowest BCUT2D eigenvalue weighted by molar-refractivity contribution is -0.148. The minimum absolute atomic E-state index is 0.0758. The Morgan fingerprint density at radius 3 is 2.56 bits per heavy atom. The van der Waals surface area contributed by atoms with Gasteiger partial charge in [0.2, 0.25) is 5.78 Å². The molecule has 1 rings (SSSR count). The van der Waals surface area contributed by atoms with Crippen molar-refractivity contribution in [3.8, 4) is 5.75 Å². The van der Waals surface area contributed by atoms with Crippen LogP contribution < -0.4 is 4.74 Å². The minimum atomic E-state index is -1.40. The number of ketones is 1. The van der Waals surface area contributed by atoms with E-state index in [1.54, 1.807) is 18.2 Å². The van der Waals surface area contributed by atoms with E-state index < -0.39 is 11.8 Å². The molecule has 0 spiro atoms. The Bertz CT molecular complexity index is 409. The lowest BCUT2D eigenvalue weighted by Crippen LogP contribution is -2.15. The summed E-state index contributed by atoms with van der Waals surface area (Å²) in [6.45, 7) is 4.29. The second kappa shape index (κ2) is 5.30. The van der Waals surface area contributed by atoms with Gasteiger partial charge in [0.15, 0.2) is 0 Å². The van der Waals surface area contributed by atoms with E-state index in [1.165, 1.54) is 0 Å². The van der Waals surface area contributed by atoms with Gasteiger partial charge in [-0.15, -0.1) is 0 Å². The third-order valence-electron chi connectivity index (χ3n) is 2.21. The molecule has 0 unspecified atom stereocenters. The fourth-order valence-electron chi connectivity index (χ4n) is 1.37. The van der Waals surface area contributed by atoms with Gasteiger partial charge in [-0.25, -0.2) is 4.79 Å². The number of hydrogen-bond donors (Lipinski definition) is 1. The van der Waals surface area contributed by atoms with E-state index in [-0.39, 0.29) is 6.42 Å². The molecule has 1 N–H and O–H groups in total. The zero-order valence-corrected chi connectivity index (χ0v) is 9.32. The summed E-state index contributed by atoms with van der Waals surface area (Å²) in [6, 6.07) is 5.26. The number of carboxylic acid groups (broad SMARTS) is 1. The standard InChI is InChI=1S/C12H14O4/c1-3-16-10-5-4-9(8(2)6-10)7-11(13)12(14)15/h4-6H,3,7H2,1-2H3,(H,14,15). The Balaban J connectivity index is 2.83. The summed E-state index contributed by atoms with van der Waals surface area (Å²) in [6.07, 6.45) is -0.0758. The van der Waals surface area contributed by atoms with Gasteiger partial charge in [-0.3, -0.25) is 4.79 Å². The van der Waals surface area contributed by atoms with E-state index in [1.807, 2.05) is 13.8 Å². The number of carbonyl (C=O) groups excluding carboxylic acids is 1. The SMILES string of the molecule is CCOc1ccc(CC(=O)C(=O)O)c(C)c1. The van der Waals surface area contributed by atoms with E-state index >= 15 is 0 Å². The molecule has 16 heavy (non-hydrogen) atoms. The molecule has 4 nitrogen and oxygen atoms in total. The molecule has 0 aliphatic carbocycles. The van der Waals surface area contributed by atoms with Crippen LogP contribution in [0.4, 0.5) is 0 Å². The number of aliphatic carboxylic acids is 1. The summed E-state index contributed by atoms with van der Waals surface area (Å²) in [7, 11) is 0. The van der Waals surface area contributed by atoms with Crippen molar-refractivity contribution in [1.29, 1.82) is 0 Å². The first-order valence-corrected chi connectivity index (χ1v) is 5.03. The highest BCUT2D eigenvalue weighted by Crippen LogP contribution is 2.17. The first-order valence-electron chi connectivity index (χ1n) is 5.03. The number of hydrogen-bond acceptors (Lipinski definition) is 3. The van der Waals surface area contributed by atoms with Crippen LogP contribution in [-0.2, 0) is 16.0 Å².